The van der Waals surface area contributed by atoms with Crippen molar-refractivity contribution in [3.05, 3.63) is 36.5 Å². The van der Waals surface area contributed by atoms with Crippen molar-refractivity contribution in [1.29, 1.82) is 0 Å². The molecule has 426 valence electrons. The number of rotatable bonds is 58. The molecule has 0 fully saturated rings. The van der Waals surface area contributed by atoms with Gasteiger partial charge in [-0.3, -0.25) is 13.8 Å². The van der Waals surface area contributed by atoms with Gasteiger partial charge in [-0.1, -0.05) is 288 Å². The molecule has 0 aliphatic heterocycles. The summed E-state index contributed by atoms with van der Waals surface area (Å²) in [6.45, 7) is 4.84. The fraction of sp³-hybridized carbons (Fsp3) is 0.889. The van der Waals surface area contributed by atoms with Crippen LogP contribution in [0.4, 0.5) is 0 Å². The number of likely N-dealkylation sites (N-methyl/N-ethyl adjacent to an activating group) is 1. The Labute approximate surface area is 448 Å². The molecule has 0 aliphatic carbocycles. The highest BCUT2D eigenvalue weighted by atomic mass is 31.2. The van der Waals surface area contributed by atoms with E-state index in [2.05, 4.69) is 43.5 Å². The Hall–Kier alpha value is -1.28. The van der Waals surface area contributed by atoms with Crippen LogP contribution in [0, 0.1) is 0 Å². The summed E-state index contributed by atoms with van der Waals surface area (Å²) in [7, 11) is 1.59. The number of nitrogens with zero attached hydrogens (tertiary/aromatic N) is 1. The van der Waals surface area contributed by atoms with Gasteiger partial charge in [-0.05, 0) is 51.4 Å². The Balaban J connectivity index is 4.02. The number of phosphoric ester groups is 1. The minimum absolute atomic E-state index is 0.0635. The maximum absolute atomic E-state index is 13.0. The number of phosphoric acid groups is 1. The molecule has 0 radical (unpaired) electrons. The first-order chi connectivity index (χ1) is 35.0. The quantitative estimate of drug-likeness (QED) is 0.0243. The van der Waals surface area contributed by atoms with Gasteiger partial charge in [0.15, 0.2) is 0 Å². The highest BCUT2D eigenvalue weighted by Crippen LogP contribution is 2.43. The number of amides is 1. The normalized spacial score (nSPS) is 14.0. The second-order valence-electron chi connectivity index (χ2n) is 22.8. The monoisotopic (exact) mass is 1040 g/mol. The predicted octanol–water partition coefficient (Wildman–Crippen LogP) is 19.3. The van der Waals surface area contributed by atoms with E-state index in [-0.39, 0.29) is 19.1 Å². The van der Waals surface area contributed by atoms with E-state index in [9.17, 15) is 19.4 Å². The van der Waals surface area contributed by atoms with Crippen molar-refractivity contribution in [3.63, 3.8) is 0 Å². The van der Waals surface area contributed by atoms with E-state index < -0.39 is 20.0 Å². The lowest BCUT2D eigenvalue weighted by Gasteiger charge is -2.25. The molecular formula is C63H124N2O6P+. The molecule has 0 heterocycles. The zero-order chi connectivity index (χ0) is 52.7. The van der Waals surface area contributed by atoms with E-state index >= 15 is 0 Å². The molecule has 0 rings (SSSR count). The number of hydrogen-bond donors (Lipinski definition) is 3. The van der Waals surface area contributed by atoms with Gasteiger partial charge in [0.25, 0.3) is 0 Å². The third-order valence-electron chi connectivity index (χ3n) is 14.4. The summed E-state index contributed by atoms with van der Waals surface area (Å²) >= 11 is 0. The van der Waals surface area contributed by atoms with Gasteiger partial charge in [0.1, 0.15) is 13.2 Å². The molecule has 1 amide bonds. The van der Waals surface area contributed by atoms with E-state index in [4.69, 9.17) is 9.05 Å². The molecule has 0 aromatic carbocycles. The molecule has 3 unspecified atom stereocenters. The maximum Gasteiger partial charge on any atom is 0.472 e. The number of nitrogens with one attached hydrogen (secondary N) is 1. The first-order valence-corrected chi connectivity index (χ1v) is 32.9. The second kappa shape index (κ2) is 54.5. The molecule has 0 aromatic heterocycles. The van der Waals surface area contributed by atoms with Gasteiger partial charge in [0, 0.05) is 6.42 Å². The van der Waals surface area contributed by atoms with Crippen molar-refractivity contribution < 1.29 is 32.9 Å². The Kier molecular flexibility index (Phi) is 53.5. The van der Waals surface area contributed by atoms with Gasteiger partial charge >= 0.3 is 7.82 Å². The summed E-state index contributed by atoms with van der Waals surface area (Å²) in [6.07, 6.45) is 71.2. The van der Waals surface area contributed by atoms with Crippen molar-refractivity contribution in [2.24, 2.45) is 0 Å². The van der Waals surface area contributed by atoms with Crippen LogP contribution in [0.3, 0.4) is 0 Å². The summed E-state index contributed by atoms with van der Waals surface area (Å²) in [5.74, 6) is -0.171. The molecule has 0 saturated carbocycles. The van der Waals surface area contributed by atoms with E-state index in [0.29, 0.717) is 17.4 Å². The van der Waals surface area contributed by atoms with Crippen LogP contribution in [0.5, 0.6) is 0 Å². The first-order valence-electron chi connectivity index (χ1n) is 31.4. The molecule has 0 bridgehead atoms. The highest BCUT2D eigenvalue weighted by molar-refractivity contribution is 7.47. The largest absolute Gasteiger partial charge is 0.472 e. The topological polar surface area (TPSA) is 105 Å². The average molecular weight is 1040 g/mol. The van der Waals surface area contributed by atoms with Crippen LogP contribution in [-0.2, 0) is 18.4 Å². The van der Waals surface area contributed by atoms with Gasteiger partial charge in [-0.25, -0.2) is 4.57 Å². The SMILES string of the molecule is CCCCCCC/C=C\C/C=C\CCCCCCCCCCCCCCCCCCCCCCCC(=O)NC(COP(=O)(O)OCC[N+](C)(C)C)C(O)/C=C/CCCCCCCCCCCCCCCCC. The van der Waals surface area contributed by atoms with Crippen molar-refractivity contribution in [3.8, 4) is 0 Å². The molecule has 3 N–H and O–H groups in total. The number of aliphatic hydroxyl groups is 1. The number of quaternary nitrogens is 1. The zero-order valence-corrected chi connectivity index (χ0v) is 49.6. The summed E-state index contributed by atoms with van der Waals surface area (Å²) in [5.41, 5.74) is 0. The lowest BCUT2D eigenvalue weighted by molar-refractivity contribution is -0.870. The van der Waals surface area contributed by atoms with Crippen LogP contribution in [0.2, 0.25) is 0 Å². The molecule has 0 aliphatic rings. The standard InChI is InChI=1S/C63H123N2O6P/c1-6-8-10-12-14-16-18-20-22-24-25-26-27-28-29-30-31-32-33-34-35-36-37-38-39-41-43-45-47-49-51-53-55-57-63(67)64-61(60-71-72(68,69)70-59-58-65(3,4)5)62(66)56-54-52-50-48-46-44-42-40-23-21-19-17-15-13-11-9-7-2/h18,20,24-25,54,56,61-62,66H,6-17,19,21-23,26-53,55,57-60H2,1-5H3,(H-,64,67,68,69)/p+1/b20-18-,25-24-,56-54+. The first kappa shape index (κ1) is 70.7. The van der Waals surface area contributed by atoms with E-state index in [0.717, 1.165) is 44.9 Å². The molecular weight excluding hydrogens is 912 g/mol. The molecule has 9 heteroatoms. The van der Waals surface area contributed by atoms with Gasteiger partial charge < -0.3 is 19.8 Å². The van der Waals surface area contributed by atoms with E-state index in [1.807, 2.05) is 27.2 Å². The van der Waals surface area contributed by atoms with E-state index in [1.54, 1.807) is 6.08 Å². The van der Waals surface area contributed by atoms with Crippen molar-refractivity contribution in [2.75, 3.05) is 40.9 Å². The van der Waals surface area contributed by atoms with Crippen LogP contribution in [0.1, 0.15) is 309 Å². The van der Waals surface area contributed by atoms with Crippen molar-refractivity contribution >= 4 is 13.7 Å². The predicted molar refractivity (Wildman–Crippen MR) is 314 cm³/mol. The summed E-state index contributed by atoms with van der Waals surface area (Å²) in [4.78, 5) is 23.3. The Morgan fingerprint density at radius 3 is 1.14 bits per heavy atom. The van der Waals surface area contributed by atoms with Crippen LogP contribution >= 0.6 is 7.82 Å². The number of allylic oxidation sites excluding steroid dienone is 5. The lowest BCUT2D eigenvalue weighted by atomic mass is 10.0. The second-order valence-corrected chi connectivity index (χ2v) is 24.2. The number of unbranched alkanes of at least 4 members (excludes halogenated alkanes) is 41. The van der Waals surface area contributed by atoms with Gasteiger partial charge in [-0.2, -0.15) is 0 Å². The fourth-order valence-corrected chi connectivity index (χ4v) is 10.2. The Bertz CT molecular complexity index is 1270. The fourth-order valence-electron chi connectivity index (χ4n) is 9.43. The number of hydrogen-bond acceptors (Lipinski definition) is 5. The Morgan fingerprint density at radius 1 is 0.472 bits per heavy atom. The Morgan fingerprint density at radius 2 is 0.792 bits per heavy atom. The van der Waals surface area contributed by atoms with Gasteiger partial charge in [0.2, 0.25) is 5.91 Å². The van der Waals surface area contributed by atoms with Crippen molar-refractivity contribution in [1.82, 2.24) is 5.32 Å². The summed E-state index contributed by atoms with van der Waals surface area (Å²) in [5, 5.41) is 14.0. The minimum atomic E-state index is -4.35. The maximum atomic E-state index is 13.0. The summed E-state index contributed by atoms with van der Waals surface area (Å²) in [6, 6.07) is -0.845. The molecule has 0 spiro atoms. The molecule has 0 saturated heterocycles. The lowest BCUT2D eigenvalue weighted by Crippen LogP contribution is -2.45. The third-order valence-corrected chi connectivity index (χ3v) is 15.3. The minimum Gasteiger partial charge on any atom is -0.387 e. The molecule has 3 atom stereocenters. The molecule has 8 nitrogen and oxygen atoms in total. The third kappa shape index (κ3) is 56.4. The number of aliphatic hydroxyl groups excluding tert-OH is 1. The number of carbonyl (C=O) groups excluding carboxylic acids is 1. The molecule has 0 aromatic rings. The van der Waals surface area contributed by atoms with Crippen LogP contribution in [0.25, 0.3) is 0 Å². The number of carbonyl (C=O) groups is 1. The van der Waals surface area contributed by atoms with Gasteiger partial charge in [-0.15, -0.1) is 0 Å². The van der Waals surface area contributed by atoms with Crippen LogP contribution in [-0.4, -0.2) is 73.4 Å². The van der Waals surface area contributed by atoms with Crippen LogP contribution < -0.4 is 5.32 Å². The van der Waals surface area contributed by atoms with E-state index in [1.165, 1.54) is 244 Å². The van der Waals surface area contributed by atoms with Gasteiger partial charge in [0.05, 0.1) is 39.9 Å². The summed E-state index contributed by atoms with van der Waals surface area (Å²) < 4.78 is 23.7. The highest BCUT2D eigenvalue weighted by Gasteiger charge is 2.27. The van der Waals surface area contributed by atoms with Crippen molar-refractivity contribution in [2.45, 2.75) is 321 Å². The average Bonchev–Trinajstić information content (AvgIpc) is 3.34. The molecule has 72 heavy (non-hydrogen) atoms. The van der Waals surface area contributed by atoms with Crippen LogP contribution in [0.15, 0.2) is 36.5 Å². The smallest absolute Gasteiger partial charge is 0.387 e. The zero-order valence-electron chi connectivity index (χ0n) is 48.7.